The van der Waals surface area contributed by atoms with Gasteiger partial charge >= 0.3 is 0 Å². The standard InChI is InChI=1S/C5H8.C3H6/c1-5-3-2-4-5;1-3-2/h1-4H2;3H,1H2,2H3. The zero-order valence-corrected chi connectivity index (χ0v) is 5.61. The van der Waals surface area contributed by atoms with E-state index in [9.17, 15) is 0 Å². The van der Waals surface area contributed by atoms with Gasteiger partial charge in [0.15, 0.2) is 0 Å². The van der Waals surface area contributed by atoms with Gasteiger partial charge in [0, 0.05) is 0 Å². The Morgan fingerprint density at radius 1 is 1.50 bits per heavy atom. The lowest BCUT2D eigenvalue weighted by molar-refractivity contribution is 0.667. The Labute approximate surface area is 51.9 Å². The molecule has 0 aliphatic heterocycles. The molecule has 0 heteroatoms. The summed E-state index contributed by atoms with van der Waals surface area (Å²) in [5.41, 5.74) is 1.44. The van der Waals surface area contributed by atoms with Crippen molar-refractivity contribution >= 4 is 0 Å². The minimum absolute atomic E-state index is 1.29. The summed E-state index contributed by atoms with van der Waals surface area (Å²) in [7, 11) is 0. The molecule has 0 heterocycles. The highest BCUT2D eigenvalue weighted by Crippen LogP contribution is 2.21. The molecule has 0 amide bonds. The summed E-state index contributed by atoms with van der Waals surface area (Å²) < 4.78 is 0. The van der Waals surface area contributed by atoms with E-state index in [4.69, 9.17) is 0 Å². The lowest BCUT2D eigenvalue weighted by Gasteiger charge is -2.11. The molecule has 1 saturated carbocycles. The Kier molecular flexibility index (Phi) is 4.33. The van der Waals surface area contributed by atoms with Crippen LogP contribution in [0.1, 0.15) is 26.2 Å². The Hall–Kier alpha value is -0.520. The average Bonchev–Trinajstić information content (AvgIpc) is 1.64. The summed E-state index contributed by atoms with van der Waals surface area (Å²) in [4.78, 5) is 0. The Balaban J connectivity index is 0.000000145. The third-order valence-corrected chi connectivity index (χ3v) is 1.06. The quantitative estimate of drug-likeness (QED) is 0.420. The van der Waals surface area contributed by atoms with Crippen molar-refractivity contribution in [2.45, 2.75) is 26.2 Å². The molecule has 8 heavy (non-hydrogen) atoms. The van der Waals surface area contributed by atoms with E-state index in [-0.39, 0.29) is 0 Å². The van der Waals surface area contributed by atoms with E-state index in [1.165, 1.54) is 24.8 Å². The smallest absolute Gasteiger partial charge is 0.0320 e. The maximum atomic E-state index is 3.76. The van der Waals surface area contributed by atoms with E-state index < -0.39 is 0 Å². The normalized spacial score (nSPS) is 15.4. The molecule has 0 radical (unpaired) electrons. The molecule has 1 aliphatic rings. The second-order valence-electron chi connectivity index (χ2n) is 2.01. The highest BCUT2D eigenvalue weighted by molar-refractivity contribution is 5.01. The number of allylic oxidation sites excluding steroid dienone is 2. The first-order valence-electron chi connectivity index (χ1n) is 3.05. The third kappa shape index (κ3) is 3.66. The second-order valence-corrected chi connectivity index (χ2v) is 2.01. The van der Waals surface area contributed by atoms with Gasteiger partial charge in [0.2, 0.25) is 0 Å². The van der Waals surface area contributed by atoms with Crippen molar-refractivity contribution in [3.8, 4) is 0 Å². The minimum Gasteiger partial charge on any atom is -0.103 e. The van der Waals surface area contributed by atoms with E-state index in [1.54, 1.807) is 6.08 Å². The first kappa shape index (κ1) is 7.48. The fourth-order valence-electron chi connectivity index (χ4n) is 0.427. The van der Waals surface area contributed by atoms with Crippen molar-refractivity contribution in [3.63, 3.8) is 0 Å². The fraction of sp³-hybridized carbons (Fsp3) is 0.500. The molecule has 0 N–H and O–H groups in total. The molecule has 0 saturated heterocycles. The van der Waals surface area contributed by atoms with Gasteiger partial charge < -0.3 is 0 Å². The van der Waals surface area contributed by atoms with Crippen LogP contribution in [0.25, 0.3) is 0 Å². The molecule has 1 fully saturated rings. The minimum atomic E-state index is 1.29. The van der Waals surface area contributed by atoms with Crippen LogP contribution in [-0.2, 0) is 0 Å². The Morgan fingerprint density at radius 3 is 1.75 bits per heavy atom. The van der Waals surface area contributed by atoms with Crippen molar-refractivity contribution in [1.29, 1.82) is 0 Å². The number of rotatable bonds is 0. The van der Waals surface area contributed by atoms with Gasteiger partial charge in [-0.05, 0) is 26.2 Å². The Morgan fingerprint density at radius 2 is 1.75 bits per heavy atom. The monoisotopic (exact) mass is 110 g/mol. The van der Waals surface area contributed by atoms with Crippen LogP contribution < -0.4 is 0 Å². The molecular formula is C8H14. The fourth-order valence-corrected chi connectivity index (χ4v) is 0.427. The van der Waals surface area contributed by atoms with Crippen LogP contribution in [-0.4, -0.2) is 0 Å². The van der Waals surface area contributed by atoms with Crippen LogP contribution in [0, 0.1) is 0 Å². The second kappa shape index (κ2) is 4.63. The largest absolute Gasteiger partial charge is 0.103 e. The van der Waals surface area contributed by atoms with Crippen LogP contribution in [0.15, 0.2) is 24.8 Å². The van der Waals surface area contributed by atoms with E-state index in [1.807, 2.05) is 6.92 Å². The zero-order chi connectivity index (χ0) is 6.41. The molecule has 0 atom stereocenters. The maximum absolute atomic E-state index is 3.76. The zero-order valence-electron chi connectivity index (χ0n) is 5.61. The number of hydrogen-bond acceptors (Lipinski definition) is 0. The van der Waals surface area contributed by atoms with Gasteiger partial charge in [0.25, 0.3) is 0 Å². The molecule has 0 bridgehead atoms. The first-order valence-corrected chi connectivity index (χ1v) is 3.05. The molecule has 0 aromatic rings. The van der Waals surface area contributed by atoms with E-state index in [0.717, 1.165) is 0 Å². The van der Waals surface area contributed by atoms with Crippen LogP contribution in [0.5, 0.6) is 0 Å². The SMILES string of the molecule is C=C1CCC1.C=CC. The van der Waals surface area contributed by atoms with Gasteiger partial charge in [-0.25, -0.2) is 0 Å². The lowest BCUT2D eigenvalue weighted by Crippen LogP contribution is -1.92. The van der Waals surface area contributed by atoms with Gasteiger partial charge in [-0.2, -0.15) is 0 Å². The van der Waals surface area contributed by atoms with Gasteiger partial charge in [0.05, 0.1) is 0 Å². The van der Waals surface area contributed by atoms with Gasteiger partial charge in [0.1, 0.15) is 0 Å². The summed E-state index contributed by atoms with van der Waals surface area (Å²) in [5.74, 6) is 0. The molecule has 0 spiro atoms. The predicted molar refractivity (Wildman–Crippen MR) is 38.9 cm³/mol. The van der Waals surface area contributed by atoms with E-state index in [2.05, 4.69) is 13.2 Å². The van der Waals surface area contributed by atoms with Gasteiger partial charge in [-0.1, -0.05) is 18.2 Å². The van der Waals surface area contributed by atoms with Crippen molar-refractivity contribution in [2.24, 2.45) is 0 Å². The molecule has 46 valence electrons. The average molecular weight is 110 g/mol. The Bertz CT molecular complexity index is 74.0. The summed E-state index contributed by atoms with van der Waals surface area (Å²) in [5, 5.41) is 0. The highest BCUT2D eigenvalue weighted by atomic mass is 14.1. The van der Waals surface area contributed by atoms with Crippen LogP contribution in [0.2, 0.25) is 0 Å². The predicted octanol–water partition coefficient (Wildman–Crippen LogP) is 2.92. The van der Waals surface area contributed by atoms with Crippen LogP contribution >= 0.6 is 0 Å². The summed E-state index contributed by atoms with van der Waals surface area (Å²) in [6.45, 7) is 9.01. The van der Waals surface area contributed by atoms with E-state index >= 15 is 0 Å². The van der Waals surface area contributed by atoms with Gasteiger partial charge in [-0.3, -0.25) is 0 Å². The van der Waals surface area contributed by atoms with Crippen LogP contribution in [0.3, 0.4) is 0 Å². The molecule has 0 aromatic carbocycles. The molecule has 0 unspecified atom stereocenters. The van der Waals surface area contributed by atoms with Crippen molar-refractivity contribution in [1.82, 2.24) is 0 Å². The van der Waals surface area contributed by atoms with E-state index in [0.29, 0.717) is 0 Å². The molecule has 1 rings (SSSR count). The summed E-state index contributed by atoms with van der Waals surface area (Å²) in [6, 6.07) is 0. The molecule has 1 aliphatic carbocycles. The summed E-state index contributed by atoms with van der Waals surface area (Å²) in [6.07, 6.45) is 5.72. The maximum Gasteiger partial charge on any atom is -0.0320 e. The highest BCUT2D eigenvalue weighted by Gasteiger charge is 2.02. The summed E-state index contributed by atoms with van der Waals surface area (Å²) >= 11 is 0. The first-order chi connectivity index (χ1) is 3.81. The van der Waals surface area contributed by atoms with Crippen molar-refractivity contribution < 1.29 is 0 Å². The molecular weight excluding hydrogens is 96.1 g/mol. The molecule has 0 aromatic heterocycles. The van der Waals surface area contributed by atoms with Crippen molar-refractivity contribution in [3.05, 3.63) is 24.8 Å². The third-order valence-electron chi connectivity index (χ3n) is 1.06. The van der Waals surface area contributed by atoms with Crippen LogP contribution in [0.4, 0.5) is 0 Å². The topological polar surface area (TPSA) is 0 Å². The van der Waals surface area contributed by atoms with Crippen molar-refractivity contribution in [2.75, 3.05) is 0 Å². The van der Waals surface area contributed by atoms with Gasteiger partial charge in [-0.15, -0.1) is 6.58 Å². The molecule has 0 nitrogen and oxygen atoms in total. The lowest BCUT2D eigenvalue weighted by atomic mass is 9.95. The number of hydrogen-bond donors (Lipinski definition) is 0.